The number of anilines is 1. The lowest BCUT2D eigenvalue weighted by Gasteiger charge is -2.21. The van der Waals surface area contributed by atoms with Crippen LogP contribution in [0.5, 0.6) is 0 Å². The van der Waals surface area contributed by atoms with Crippen LogP contribution in [0.2, 0.25) is 0 Å². The average Bonchev–Trinajstić information content (AvgIpc) is 2.93. The van der Waals surface area contributed by atoms with Gasteiger partial charge < -0.3 is 5.32 Å². The van der Waals surface area contributed by atoms with Gasteiger partial charge in [-0.2, -0.15) is 0 Å². The van der Waals surface area contributed by atoms with Crippen molar-refractivity contribution in [2.45, 2.75) is 36.9 Å². The Balaban J connectivity index is 1.79. The molecule has 8 heteroatoms. The largest absolute Gasteiger partial charge is 0.375 e. The molecular formula is C19H23N3O4S. The maximum absolute atomic E-state index is 11.9. The van der Waals surface area contributed by atoms with Crippen molar-refractivity contribution in [2.24, 2.45) is 0 Å². The van der Waals surface area contributed by atoms with Crippen LogP contribution < -0.4 is 5.32 Å². The number of benzene rings is 2. The molecule has 0 saturated carbocycles. The molecule has 1 heterocycles. The fourth-order valence-corrected chi connectivity index (χ4v) is 4.45. The van der Waals surface area contributed by atoms with Gasteiger partial charge in [-0.3, -0.25) is 15.0 Å². The first kappa shape index (κ1) is 19.3. The van der Waals surface area contributed by atoms with Crippen LogP contribution in [0.4, 0.5) is 11.4 Å². The molecule has 2 aromatic rings. The summed E-state index contributed by atoms with van der Waals surface area (Å²) in [6.07, 6.45) is 1.81. The molecule has 1 fully saturated rings. The van der Waals surface area contributed by atoms with Gasteiger partial charge in [-0.15, -0.1) is 0 Å². The van der Waals surface area contributed by atoms with E-state index >= 15 is 0 Å². The normalized spacial score (nSPS) is 20.5. The number of sulfone groups is 1. The van der Waals surface area contributed by atoms with Crippen molar-refractivity contribution >= 4 is 21.2 Å². The maximum Gasteiger partial charge on any atom is 0.310 e. The first-order valence-corrected chi connectivity index (χ1v) is 10.7. The molecule has 1 saturated heterocycles. The summed E-state index contributed by atoms with van der Waals surface area (Å²) in [5.74, 6) is 0. The minimum Gasteiger partial charge on any atom is -0.375 e. The Kier molecular flexibility index (Phi) is 5.48. The lowest BCUT2D eigenvalue weighted by molar-refractivity contribution is -0.386. The quantitative estimate of drug-likeness (QED) is 0.603. The second-order valence-corrected chi connectivity index (χ2v) is 9.01. The molecule has 7 nitrogen and oxygen atoms in total. The molecule has 0 bridgehead atoms. The van der Waals surface area contributed by atoms with Crippen molar-refractivity contribution < 1.29 is 13.3 Å². The summed E-state index contributed by atoms with van der Waals surface area (Å²) >= 11 is 0. The fourth-order valence-electron chi connectivity index (χ4n) is 3.59. The van der Waals surface area contributed by atoms with Crippen LogP contribution in [0.25, 0.3) is 0 Å². The highest BCUT2D eigenvalue weighted by molar-refractivity contribution is 7.90. The highest BCUT2D eigenvalue weighted by Gasteiger charge is 2.32. The van der Waals surface area contributed by atoms with E-state index in [-0.39, 0.29) is 22.3 Å². The first-order valence-electron chi connectivity index (χ1n) is 8.77. The van der Waals surface area contributed by atoms with Gasteiger partial charge in [0.15, 0.2) is 9.84 Å². The fraction of sp³-hybridized carbons (Fsp3) is 0.368. The van der Waals surface area contributed by atoms with Crippen LogP contribution in [-0.4, -0.2) is 43.1 Å². The Labute approximate surface area is 159 Å². The van der Waals surface area contributed by atoms with Crippen molar-refractivity contribution in [3.63, 3.8) is 0 Å². The Morgan fingerprint density at radius 3 is 2.52 bits per heavy atom. The first-order chi connectivity index (χ1) is 12.8. The zero-order valence-electron chi connectivity index (χ0n) is 15.3. The van der Waals surface area contributed by atoms with Gasteiger partial charge in [0.2, 0.25) is 0 Å². The van der Waals surface area contributed by atoms with Gasteiger partial charge in [-0.1, -0.05) is 36.4 Å². The number of nitro groups is 1. The molecule has 27 heavy (non-hydrogen) atoms. The van der Waals surface area contributed by atoms with E-state index in [0.717, 1.165) is 25.8 Å². The van der Waals surface area contributed by atoms with E-state index in [1.807, 2.05) is 18.2 Å². The number of nitrogens with zero attached hydrogens (tertiary/aromatic N) is 2. The molecule has 0 amide bonds. The molecule has 1 N–H and O–H groups in total. The molecule has 3 rings (SSSR count). The van der Waals surface area contributed by atoms with Crippen LogP contribution >= 0.6 is 0 Å². The standard InChI is InChI=1S/C19H23N3O4S/c1-14-11-16(13-21(14)12-15-7-4-3-5-8-15)20-17-9-6-10-18(27(2,25)26)19(17)22(23)24/h3-10,14,16,20H,11-13H2,1-2H3. The lowest BCUT2D eigenvalue weighted by atomic mass is 10.1. The molecule has 2 atom stereocenters. The van der Waals surface area contributed by atoms with Gasteiger partial charge in [0.1, 0.15) is 10.6 Å². The van der Waals surface area contributed by atoms with Gasteiger partial charge in [0, 0.05) is 31.4 Å². The molecule has 0 aromatic heterocycles. The lowest BCUT2D eigenvalue weighted by Crippen LogP contribution is -2.28. The van der Waals surface area contributed by atoms with E-state index < -0.39 is 14.8 Å². The second-order valence-electron chi connectivity index (χ2n) is 7.02. The number of nitrogens with one attached hydrogen (secondary N) is 1. The number of para-hydroxylation sites is 1. The number of rotatable bonds is 6. The molecular weight excluding hydrogens is 366 g/mol. The van der Waals surface area contributed by atoms with Crippen LogP contribution in [-0.2, 0) is 16.4 Å². The summed E-state index contributed by atoms with van der Waals surface area (Å²) in [6.45, 7) is 3.67. The third-order valence-corrected chi connectivity index (χ3v) is 6.00. The molecule has 2 unspecified atom stereocenters. The van der Waals surface area contributed by atoms with Crippen LogP contribution in [0.15, 0.2) is 53.4 Å². The molecule has 1 aliphatic rings. The maximum atomic E-state index is 11.9. The van der Waals surface area contributed by atoms with Crippen molar-refractivity contribution in [1.29, 1.82) is 0 Å². The molecule has 144 valence electrons. The summed E-state index contributed by atoms with van der Waals surface area (Å²) in [6, 6.07) is 14.9. The molecule has 0 radical (unpaired) electrons. The van der Waals surface area contributed by atoms with Crippen molar-refractivity contribution in [3.8, 4) is 0 Å². The predicted octanol–water partition coefficient (Wildman–Crippen LogP) is 3.07. The smallest absolute Gasteiger partial charge is 0.310 e. The van der Waals surface area contributed by atoms with Gasteiger partial charge in [-0.05, 0) is 31.0 Å². The number of hydrogen-bond donors (Lipinski definition) is 1. The van der Waals surface area contributed by atoms with Crippen LogP contribution in [0.1, 0.15) is 18.9 Å². The van der Waals surface area contributed by atoms with Crippen molar-refractivity contribution in [2.75, 3.05) is 18.1 Å². The third-order valence-electron chi connectivity index (χ3n) is 4.87. The Hall–Kier alpha value is -2.45. The number of nitro benzene ring substituents is 1. The minimum absolute atomic E-state index is 0.0113. The molecule has 0 spiro atoms. The van der Waals surface area contributed by atoms with Gasteiger partial charge in [0.05, 0.1) is 4.92 Å². The van der Waals surface area contributed by atoms with Crippen LogP contribution in [0, 0.1) is 10.1 Å². The average molecular weight is 389 g/mol. The van der Waals surface area contributed by atoms with E-state index in [4.69, 9.17) is 0 Å². The SMILES string of the molecule is CC1CC(Nc2cccc(S(C)(=O)=O)c2[N+](=O)[O-])CN1Cc1ccccc1. The third kappa shape index (κ3) is 4.45. The van der Waals surface area contributed by atoms with E-state index in [9.17, 15) is 18.5 Å². The summed E-state index contributed by atoms with van der Waals surface area (Å²) < 4.78 is 23.8. The number of likely N-dealkylation sites (tertiary alicyclic amines) is 1. The van der Waals surface area contributed by atoms with Gasteiger partial charge in [0.25, 0.3) is 0 Å². The predicted molar refractivity (Wildman–Crippen MR) is 105 cm³/mol. The number of hydrogen-bond acceptors (Lipinski definition) is 6. The Morgan fingerprint density at radius 1 is 1.19 bits per heavy atom. The van der Waals surface area contributed by atoms with E-state index in [1.54, 1.807) is 6.07 Å². The minimum atomic E-state index is -3.69. The van der Waals surface area contributed by atoms with E-state index in [1.165, 1.54) is 17.7 Å². The van der Waals surface area contributed by atoms with Crippen molar-refractivity contribution in [3.05, 3.63) is 64.2 Å². The van der Waals surface area contributed by atoms with Gasteiger partial charge in [-0.25, -0.2) is 8.42 Å². The van der Waals surface area contributed by atoms with E-state index in [0.29, 0.717) is 6.04 Å². The summed E-state index contributed by atoms with van der Waals surface area (Å²) in [7, 11) is -3.69. The van der Waals surface area contributed by atoms with Crippen LogP contribution in [0.3, 0.4) is 0 Å². The second kappa shape index (κ2) is 7.66. The highest BCUT2D eigenvalue weighted by Crippen LogP contribution is 2.34. The molecule has 1 aliphatic heterocycles. The Morgan fingerprint density at radius 2 is 1.89 bits per heavy atom. The van der Waals surface area contributed by atoms with E-state index in [2.05, 4.69) is 29.3 Å². The summed E-state index contributed by atoms with van der Waals surface area (Å²) in [4.78, 5) is 13.0. The zero-order valence-corrected chi connectivity index (χ0v) is 16.1. The summed E-state index contributed by atoms with van der Waals surface area (Å²) in [5, 5.41) is 14.7. The monoisotopic (exact) mass is 389 g/mol. The molecule has 0 aliphatic carbocycles. The van der Waals surface area contributed by atoms with Gasteiger partial charge >= 0.3 is 5.69 Å². The Bertz CT molecular complexity index is 931. The van der Waals surface area contributed by atoms with Crippen molar-refractivity contribution in [1.82, 2.24) is 4.90 Å². The topological polar surface area (TPSA) is 92.5 Å². The summed E-state index contributed by atoms with van der Waals surface area (Å²) in [5.41, 5.74) is 1.09. The molecule has 2 aromatic carbocycles. The highest BCUT2D eigenvalue weighted by atomic mass is 32.2. The zero-order chi connectivity index (χ0) is 19.6.